The Labute approximate surface area is 187 Å². The number of halogens is 1. The summed E-state index contributed by atoms with van der Waals surface area (Å²) in [6.45, 7) is 23.4. The van der Waals surface area contributed by atoms with Crippen LogP contribution < -0.4 is 0 Å². The molecule has 27 heavy (non-hydrogen) atoms. The van der Waals surface area contributed by atoms with Gasteiger partial charge in [0.25, 0.3) is 0 Å². The standard InChI is InChI=1S/C23H35ISSi2/c1-17(2)27(18(3)4,19(5)6)16-15-22-14-13-21(25-22)12-11-20(7)23(24)26(8,9)10/h13-14,17-19H,1-10H3/b23-20+. The van der Waals surface area contributed by atoms with Gasteiger partial charge in [0.2, 0.25) is 0 Å². The van der Waals surface area contributed by atoms with Crippen molar-refractivity contribution in [1.82, 2.24) is 0 Å². The summed E-state index contributed by atoms with van der Waals surface area (Å²) in [6.07, 6.45) is 0. The molecule has 0 unspecified atom stereocenters. The molecule has 0 saturated carbocycles. The number of hydrogen-bond donors (Lipinski definition) is 0. The zero-order valence-corrected chi connectivity index (χ0v) is 23.6. The van der Waals surface area contributed by atoms with Crippen molar-refractivity contribution in [1.29, 1.82) is 0 Å². The normalized spacial score (nSPS) is 13.3. The van der Waals surface area contributed by atoms with Gasteiger partial charge in [0.15, 0.2) is 0 Å². The van der Waals surface area contributed by atoms with E-state index >= 15 is 0 Å². The van der Waals surface area contributed by atoms with Gasteiger partial charge in [-0.05, 0) is 38.9 Å². The van der Waals surface area contributed by atoms with Crippen LogP contribution in [0.25, 0.3) is 0 Å². The fourth-order valence-corrected chi connectivity index (χ4v) is 11.2. The Hall–Kier alpha value is -0.276. The van der Waals surface area contributed by atoms with E-state index in [0.29, 0.717) is 16.6 Å². The van der Waals surface area contributed by atoms with E-state index in [-0.39, 0.29) is 0 Å². The van der Waals surface area contributed by atoms with Crippen LogP contribution in [0.2, 0.25) is 36.3 Å². The van der Waals surface area contributed by atoms with Gasteiger partial charge in [-0.25, -0.2) is 0 Å². The van der Waals surface area contributed by atoms with Gasteiger partial charge in [0.1, 0.15) is 8.07 Å². The Balaban J connectivity index is 3.17. The molecule has 0 aliphatic heterocycles. The molecule has 0 aliphatic carbocycles. The summed E-state index contributed by atoms with van der Waals surface area (Å²) >= 11 is 4.22. The third kappa shape index (κ3) is 6.36. The highest BCUT2D eigenvalue weighted by molar-refractivity contribution is 14.1. The lowest BCUT2D eigenvalue weighted by atomic mass is 10.3. The summed E-state index contributed by atoms with van der Waals surface area (Å²) < 4.78 is 1.46. The van der Waals surface area contributed by atoms with E-state index in [1.807, 2.05) is 0 Å². The smallest absolute Gasteiger partial charge is 0.124 e. The second kappa shape index (κ2) is 9.96. The zero-order valence-electron chi connectivity index (χ0n) is 18.7. The minimum Gasteiger partial charge on any atom is -0.124 e. The predicted molar refractivity (Wildman–Crippen MR) is 139 cm³/mol. The van der Waals surface area contributed by atoms with E-state index in [1.165, 1.54) is 8.78 Å². The first-order valence-electron chi connectivity index (χ1n) is 9.84. The lowest BCUT2D eigenvalue weighted by Gasteiger charge is -2.38. The molecule has 0 atom stereocenters. The van der Waals surface area contributed by atoms with Gasteiger partial charge < -0.3 is 0 Å². The molecule has 148 valence electrons. The average Bonchev–Trinajstić information content (AvgIpc) is 2.98. The topological polar surface area (TPSA) is 0 Å². The van der Waals surface area contributed by atoms with Gasteiger partial charge in [0.05, 0.1) is 17.8 Å². The van der Waals surface area contributed by atoms with Gasteiger partial charge in [-0.15, -0.1) is 16.9 Å². The molecule has 0 bridgehead atoms. The van der Waals surface area contributed by atoms with Crippen molar-refractivity contribution in [2.24, 2.45) is 0 Å². The highest BCUT2D eigenvalue weighted by atomic mass is 127. The first-order chi connectivity index (χ1) is 12.3. The Bertz CT molecular complexity index is 777. The maximum Gasteiger partial charge on any atom is 0.146 e. The van der Waals surface area contributed by atoms with E-state index in [1.54, 1.807) is 11.3 Å². The fourth-order valence-electron chi connectivity index (χ4n) is 3.85. The Kier molecular flexibility index (Phi) is 9.14. The SMILES string of the molecule is C/C(C#Cc1ccc(C#C[Si](C(C)C)(C(C)C)C(C)C)s1)=C(/I)[Si](C)(C)C. The molecule has 4 heteroatoms. The largest absolute Gasteiger partial charge is 0.146 e. The molecule has 1 rings (SSSR count). The fraction of sp³-hybridized carbons (Fsp3) is 0.565. The molecule has 0 spiro atoms. The molecule has 0 aliphatic rings. The molecule has 0 saturated heterocycles. The molecule has 0 amide bonds. The summed E-state index contributed by atoms with van der Waals surface area (Å²) in [7, 11) is -2.94. The first kappa shape index (κ1) is 24.8. The van der Waals surface area contributed by atoms with Crippen LogP contribution in [0.3, 0.4) is 0 Å². The second-order valence-corrected chi connectivity index (χ2v) is 23.0. The Morgan fingerprint density at radius 3 is 1.74 bits per heavy atom. The lowest BCUT2D eigenvalue weighted by molar-refractivity contribution is 0.838. The van der Waals surface area contributed by atoms with Crippen LogP contribution in [0, 0.1) is 23.3 Å². The molecular weight excluding hydrogens is 491 g/mol. The van der Waals surface area contributed by atoms with E-state index in [4.69, 9.17) is 0 Å². The first-order valence-corrected chi connectivity index (χ1v) is 17.5. The monoisotopic (exact) mass is 526 g/mol. The molecule has 0 nitrogen and oxygen atoms in total. The van der Waals surface area contributed by atoms with Crippen molar-refractivity contribution in [2.45, 2.75) is 84.7 Å². The molecule has 1 heterocycles. The third-order valence-corrected chi connectivity index (χ3v) is 19.8. The highest BCUT2D eigenvalue weighted by Crippen LogP contribution is 2.40. The van der Waals surface area contributed by atoms with E-state index in [9.17, 15) is 0 Å². The van der Waals surface area contributed by atoms with Crippen LogP contribution in [0.15, 0.2) is 20.9 Å². The predicted octanol–water partition coefficient (Wildman–Crippen LogP) is 8.26. The van der Waals surface area contributed by atoms with Crippen LogP contribution in [-0.2, 0) is 0 Å². The van der Waals surface area contributed by atoms with Crippen LogP contribution in [0.4, 0.5) is 0 Å². The summed E-state index contributed by atoms with van der Waals surface area (Å²) in [4.78, 5) is 2.27. The number of allylic oxidation sites excluding steroid dienone is 1. The van der Waals surface area contributed by atoms with E-state index < -0.39 is 16.1 Å². The van der Waals surface area contributed by atoms with Gasteiger partial charge in [-0.3, -0.25) is 0 Å². The van der Waals surface area contributed by atoms with Crippen molar-refractivity contribution >= 4 is 50.1 Å². The molecule has 0 radical (unpaired) electrons. The second-order valence-electron chi connectivity index (χ2n) is 9.25. The zero-order chi connectivity index (χ0) is 21.0. The van der Waals surface area contributed by atoms with Crippen LogP contribution in [0.5, 0.6) is 0 Å². The van der Waals surface area contributed by atoms with Gasteiger partial charge in [-0.2, -0.15) is 0 Å². The quantitative estimate of drug-likeness (QED) is 0.210. The van der Waals surface area contributed by atoms with Crippen molar-refractivity contribution in [2.75, 3.05) is 0 Å². The Morgan fingerprint density at radius 2 is 1.33 bits per heavy atom. The number of hydrogen-bond acceptors (Lipinski definition) is 1. The molecule has 0 N–H and O–H groups in total. The van der Waals surface area contributed by atoms with Crippen molar-refractivity contribution in [3.63, 3.8) is 0 Å². The van der Waals surface area contributed by atoms with Crippen LogP contribution in [0.1, 0.15) is 58.2 Å². The maximum atomic E-state index is 3.81. The maximum absolute atomic E-state index is 3.81. The third-order valence-electron chi connectivity index (χ3n) is 5.24. The van der Waals surface area contributed by atoms with Gasteiger partial charge in [0, 0.05) is 5.57 Å². The summed E-state index contributed by atoms with van der Waals surface area (Å²) in [6, 6.07) is 4.27. The van der Waals surface area contributed by atoms with Gasteiger partial charge in [-0.1, -0.05) is 102 Å². The summed E-state index contributed by atoms with van der Waals surface area (Å²) in [5.74, 6) is 10.3. The van der Waals surface area contributed by atoms with Crippen LogP contribution >= 0.6 is 33.9 Å². The van der Waals surface area contributed by atoms with Gasteiger partial charge >= 0.3 is 0 Å². The lowest BCUT2D eigenvalue weighted by Crippen LogP contribution is -2.43. The molecule has 1 aromatic heterocycles. The van der Waals surface area contributed by atoms with Crippen molar-refractivity contribution in [3.05, 3.63) is 30.7 Å². The molecule has 0 fully saturated rings. The summed E-state index contributed by atoms with van der Waals surface area (Å²) in [5.41, 5.74) is 7.04. The molecule has 1 aromatic rings. The Morgan fingerprint density at radius 1 is 0.889 bits per heavy atom. The van der Waals surface area contributed by atoms with Crippen molar-refractivity contribution < 1.29 is 0 Å². The molecule has 0 aromatic carbocycles. The minimum atomic E-state index is -1.67. The minimum absolute atomic E-state index is 0.667. The molecular formula is C23H35ISSi2. The number of thiophene rings is 1. The average molecular weight is 527 g/mol. The van der Waals surface area contributed by atoms with Crippen LogP contribution in [-0.4, -0.2) is 16.1 Å². The van der Waals surface area contributed by atoms with E-state index in [0.717, 1.165) is 9.75 Å². The number of rotatable bonds is 4. The van der Waals surface area contributed by atoms with Crippen molar-refractivity contribution in [3.8, 4) is 23.3 Å². The van der Waals surface area contributed by atoms with E-state index in [2.05, 4.69) is 126 Å². The summed E-state index contributed by atoms with van der Waals surface area (Å²) in [5, 5.41) is 0. The highest BCUT2D eigenvalue weighted by Gasteiger charge is 2.41.